The van der Waals surface area contributed by atoms with E-state index >= 15 is 0 Å². The van der Waals surface area contributed by atoms with Crippen molar-refractivity contribution in [1.82, 2.24) is 24.1 Å². The third-order valence-electron chi connectivity index (χ3n) is 4.47. The lowest BCUT2D eigenvalue weighted by Crippen LogP contribution is -2.27. The number of benzene rings is 1. The lowest BCUT2D eigenvalue weighted by Gasteiger charge is -2.19. The molecule has 0 radical (unpaired) electrons. The predicted molar refractivity (Wildman–Crippen MR) is 100 cm³/mol. The monoisotopic (exact) mass is 379 g/mol. The molecule has 0 spiro atoms. The number of fused-ring (bicyclic) bond motifs is 3. The molecule has 28 heavy (non-hydrogen) atoms. The average Bonchev–Trinajstić information content (AvgIpc) is 3.11. The number of methoxy groups -OCH3 is 1. The number of aromatic nitrogens is 5. The lowest BCUT2D eigenvalue weighted by molar-refractivity contribution is -0.137. The fourth-order valence-corrected chi connectivity index (χ4v) is 3.23. The van der Waals surface area contributed by atoms with Gasteiger partial charge in [0.15, 0.2) is 5.82 Å². The molecular weight excluding hydrogens is 362 g/mol. The summed E-state index contributed by atoms with van der Waals surface area (Å²) in [5.74, 6) is -0.170. The van der Waals surface area contributed by atoms with E-state index in [2.05, 4.69) is 15.1 Å². The highest BCUT2D eigenvalue weighted by molar-refractivity contribution is 5.78. The molecule has 0 amide bonds. The third-order valence-corrected chi connectivity index (χ3v) is 4.47. The summed E-state index contributed by atoms with van der Waals surface area (Å²) in [6.45, 7) is 0.233. The SMILES string of the molecule is COCc1nc2ncc3c(=O)n(C(CC(=O)O)c4ccccc4)ccc3n2n1. The quantitative estimate of drug-likeness (QED) is 0.542. The molecule has 9 heteroatoms. The fourth-order valence-electron chi connectivity index (χ4n) is 3.23. The molecule has 0 saturated carbocycles. The van der Waals surface area contributed by atoms with Gasteiger partial charge in [-0.1, -0.05) is 30.3 Å². The first kappa shape index (κ1) is 17.8. The van der Waals surface area contributed by atoms with Crippen LogP contribution in [0.25, 0.3) is 16.7 Å². The topological polar surface area (TPSA) is 112 Å². The van der Waals surface area contributed by atoms with Gasteiger partial charge in [0.05, 0.1) is 23.4 Å². The number of hydrogen-bond donors (Lipinski definition) is 1. The molecule has 142 valence electrons. The number of pyridine rings is 1. The summed E-state index contributed by atoms with van der Waals surface area (Å²) in [6, 6.07) is 10.2. The van der Waals surface area contributed by atoms with Gasteiger partial charge in [0.2, 0.25) is 0 Å². The van der Waals surface area contributed by atoms with Gasteiger partial charge in [-0.3, -0.25) is 9.59 Å². The van der Waals surface area contributed by atoms with Gasteiger partial charge in [0, 0.05) is 19.5 Å². The van der Waals surface area contributed by atoms with Gasteiger partial charge in [-0.25, -0.2) is 4.98 Å². The van der Waals surface area contributed by atoms with Crippen LogP contribution in [0.1, 0.15) is 23.9 Å². The normalized spacial score (nSPS) is 12.5. The van der Waals surface area contributed by atoms with Gasteiger partial charge in [-0.05, 0) is 11.6 Å². The Bertz CT molecular complexity index is 1220. The summed E-state index contributed by atoms with van der Waals surface area (Å²) in [7, 11) is 1.54. The van der Waals surface area contributed by atoms with Crippen molar-refractivity contribution < 1.29 is 14.6 Å². The number of rotatable bonds is 6. The summed E-state index contributed by atoms with van der Waals surface area (Å²) in [6.07, 6.45) is 2.81. The maximum Gasteiger partial charge on any atom is 0.305 e. The molecule has 4 aromatic rings. The molecule has 3 aromatic heterocycles. The highest BCUT2D eigenvalue weighted by Crippen LogP contribution is 2.22. The van der Waals surface area contributed by atoms with Crippen LogP contribution in [0.4, 0.5) is 0 Å². The summed E-state index contributed by atoms with van der Waals surface area (Å²) in [5, 5.41) is 14.0. The number of aliphatic carboxylic acids is 1. The Balaban J connectivity index is 1.89. The molecule has 0 aliphatic rings. The van der Waals surface area contributed by atoms with Gasteiger partial charge in [0.1, 0.15) is 6.61 Å². The first-order valence-corrected chi connectivity index (χ1v) is 8.59. The van der Waals surface area contributed by atoms with E-state index in [1.807, 2.05) is 18.2 Å². The number of nitrogens with zero attached hydrogens (tertiary/aromatic N) is 5. The molecule has 0 aliphatic carbocycles. The van der Waals surface area contributed by atoms with Crippen LogP contribution in [-0.2, 0) is 16.1 Å². The molecular formula is C19H17N5O4. The number of carbonyl (C=O) groups is 1. The molecule has 3 heterocycles. The van der Waals surface area contributed by atoms with Crippen LogP contribution in [0.5, 0.6) is 0 Å². The minimum Gasteiger partial charge on any atom is -0.481 e. The Morgan fingerprint density at radius 2 is 2.04 bits per heavy atom. The van der Waals surface area contributed by atoms with Crippen molar-refractivity contribution in [3.63, 3.8) is 0 Å². The van der Waals surface area contributed by atoms with E-state index in [1.54, 1.807) is 31.5 Å². The van der Waals surface area contributed by atoms with E-state index in [1.165, 1.54) is 15.3 Å². The first-order valence-electron chi connectivity index (χ1n) is 8.59. The Labute approximate surface area is 158 Å². The number of ether oxygens (including phenoxy) is 1. The van der Waals surface area contributed by atoms with Crippen molar-refractivity contribution >= 4 is 22.6 Å². The van der Waals surface area contributed by atoms with Crippen LogP contribution >= 0.6 is 0 Å². The summed E-state index contributed by atoms with van der Waals surface area (Å²) in [5.41, 5.74) is 0.942. The van der Waals surface area contributed by atoms with Gasteiger partial charge < -0.3 is 14.4 Å². The zero-order valence-corrected chi connectivity index (χ0v) is 15.0. The fraction of sp³-hybridized carbons (Fsp3) is 0.211. The van der Waals surface area contributed by atoms with Crippen molar-refractivity contribution in [3.05, 3.63) is 70.5 Å². The van der Waals surface area contributed by atoms with Crippen LogP contribution in [-0.4, -0.2) is 42.3 Å². The van der Waals surface area contributed by atoms with Crippen LogP contribution < -0.4 is 5.56 Å². The van der Waals surface area contributed by atoms with Crippen LogP contribution in [0.3, 0.4) is 0 Å². The Morgan fingerprint density at radius 1 is 1.25 bits per heavy atom. The zero-order valence-electron chi connectivity index (χ0n) is 15.0. The highest BCUT2D eigenvalue weighted by Gasteiger charge is 2.20. The van der Waals surface area contributed by atoms with Gasteiger partial charge in [0.25, 0.3) is 11.3 Å². The summed E-state index contributed by atoms with van der Waals surface area (Å²) in [4.78, 5) is 33.0. The number of carboxylic acids is 1. The van der Waals surface area contributed by atoms with E-state index in [4.69, 9.17) is 4.74 Å². The molecule has 0 aliphatic heterocycles. The number of hydrogen-bond acceptors (Lipinski definition) is 6. The molecule has 1 aromatic carbocycles. The van der Waals surface area contributed by atoms with Gasteiger partial charge in [-0.15, -0.1) is 5.10 Å². The molecule has 0 saturated heterocycles. The maximum absolute atomic E-state index is 13.1. The van der Waals surface area contributed by atoms with Crippen LogP contribution in [0.2, 0.25) is 0 Å². The molecule has 0 fully saturated rings. The Kier molecular flexibility index (Phi) is 4.58. The predicted octanol–water partition coefficient (Wildman–Crippen LogP) is 1.65. The Morgan fingerprint density at radius 3 is 2.75 bits per heavy atom. The van der Waals surface area contributed by atoms with Crippen molar-refractivity contribution in [3.8, 4) is 0 Å². The van der Waals surface area contributed by atoms with Crippen molar-refractivity contribution in [1.29, 1.82) is 0 Å². The zero-order chi connectivity index (χ0) is 19.7. The van der Waals surface area contributed by atoms with Crippen molar-refractivity contribution in [2.24, 2.45) is 0 Å². The van der Waals surface area contributed by atoms with Crippen molar-refractivity contribution in [2.45, 2.75) is 19.1 Å². The standard InChI is InChI=1S/C19H17N5O4/c1-28-11-16-21-19-20-10-13-14(24(19)22-16)7-8-23(18(13)27)15(9-17(25)26)12-5-3-2-4-6-12/h2-8,10,15H,9,11H2,1H3,(H,25,26). The average molecular weight is 379 g/mol. The lowest BCUT2D eigenvalue weighted by atomic mass is 10.0. The summed E-state index contributed by atoms with van der Waals surface area (Å²) < 4.78 is 7.96. The maximum atomic E-state index is 13.1. The van der Waals surface area contributed by atoms with E-state index in [-0.39, 0.29) is 18.6 Å². The van der Waals surface area contributed by atoms with Crippen LogP contribution in [0, 0.1) is 0 Å². The minimum absolute atomic E-state index is 0.216. The van der Waals surface area contributed by atoms with E-state index < -0.39 is 12.0 Å². The Hall–Kier alpha value is -3.59. The van der Waals surface area contributed by atoms with E-state index in [9.17, 15) is 14.7 Å². The van der Waals surface area contributed by atoms with E-state index in [0.717, 1.165) is 5.56 Å². The smallest absolute Gasteiger partial charge is 0.305 e. The van der Waals surface area contributed by atoms with Gasteiger partial charge >= 0.3 is 5.97 Å². The molecule has 1 N–H and O–H groups in total. The largest absolute Gasteiger partial charge is 0.481 e. The molecule has 1 unspecified atom stereocenters. The second kappa shape index (κ2) is 7.20. The molecule has 9 nitrogen and oxygen atoms in total. The molecule has 4 rings (SSSR count). The number of carboxylic acid groups (broad SMARTS) is 1. The molecule has 0 bridgehead atoms. The van der Waals surface area contributed by atoms with E-state index in [0.29, 0.717) is 22.5 Å². The van der Waals surface area contributed by atoms with Crippen molar-refractivity contribution in [2.75, 3.05) is 7.11 Å². The highest BCUT2D eigenvalue weighted by atomic mass is 16.5. The second-order valence-corrected chi connectivity index (χ2v) is 6.28. The van der Waals surface area contributed by atoms with Crippen LogP contribution in [0.15, 0.2) is 53.6 Å². The third kappa shape index (κ3) is 3.12. The second-order valence-electron chi connectivity index (χ2n) is 6.28. The van der Waals surface area contributed by atoms with Gasteiger partial charge in [-0.2, -0.15) is 9.50 Å². The molecule has 1 atom stereocenters. The minimum atomic E-state index is -0.991. The summed E-state index contributed by atoms with van der Waals surface area (Å²) >= 11 is 0. The first-order chi connectivity index (χ1) is 13.6.